The molecule has 3 saturated carbocycles. The highest BCUT2D eigenvalue weighted by atomic mass is 16.3. The molecule has 0 heterocycles. The van der Waals surface area contributed by atoms with E-state index >= 15 is 0 Å². The minimum atomic E-state index is -0.595. The molecule has 3 aliphatic rings. The third-order valence-corrected chi connectivity index (χ3v) is 7.87. The predicted molar refractivity (Wildman–Crippen MR) is 113 cm³/mol. The molecule has 2 N–H and O–H groups in total. The van der Waals surface area contributed by atoms with Gasteiger partial charge < -0.3 is 10.2 Å². The van der Waals surface area contributed by atoms with Gasteiger partial charge in [0.15, 0.2) is 0 Å². The molecule has 2 heteroatoms. The standard InChI is InChI=1S/C25H40O2/c1-16(2)13-17(3)21-10-11-22-20(7-6-12-25(21,22)5)9-8-19-14-23(26)18(4)24(27)15-19/h8-9,16-17,21-24,26-27H,4,6-7,10-15H2,1-3,5H3/t17-,21?,22?,23-,24-,25-/m1/s1. The van der Waals surface area contributed by atoms with E-state index in [2.05, 4.69) is 46.4 Å². The van der Waals surface area contributed by atoms with Crippen molar-refractivity contribution in [3.63, 3.8) is 0 Å². The highest BCUT2D eigenvalue weighted by Gasteiger charge is 2.50. The lowest BCUT2D eigenvalue weighted by Gasteiger charge is -2.44. The fourth-order valence-corrected chi connectivity index (χ4v) is 6.55. The zero-order valence-electron chi connectivity index (χ0n) is 17.9. The fourth-order valence-electron chi connectivity index (χ4n) is 6.55. The number of rotatable bonds is 4. The molecule has 27 heavy (non-hydrogen) atoms. The predicted octanol–water partition coefficient (Wildman–Crippen LogP) is 5.81. The third kappa shape index (κ3) is 4.27. The number of allylic oxidation sites excluding steroid dienone is 3. The highest BCUT2D eigenvalue weighted by molar-refractivity contribution is 5.29. The van der Waals surface area contributed by atoms with Crippen LogP contribution < -0.4 is 0 Å². The Labute approximate surface area is 166 Å². The molecule has 0 aromatic rings. The SMILES string of the molecule is C=C1[C@H](O)CC(=CC=C2CCC[C@@]3(C)C2CCC3[C@H](C)CC(C)C)C[C@H]1O. The van der Waals surface area contributed by atoms with Crippen molar-refractivity contribution in [2.45, 2.75) is 91.3 Å². The molecule has 0 spiro atoms. The number of hydrogen-bond acceptors (Lipinski definition) is 2. The van der Waals surface area contributed by atoms with Gasteiger partial charge in [-0.3, -0.25) is 0 Å². The Morgan fingerprint density at radius 1 is 1.11 bits per heavy atom. The molecule has 6 atom stereocenters. The average Bonchev–Trinajstić information content (AvgIpc) is 2.94. The Bertz CT molecular complexity index is 598. The number of fused-ring (bicyclic) bond motifs is 1. The van der Waals surface area contributed by atoms with Crippen LogP contribution in [-0.2, 0) is 0 Å². The lowest BCUT2D eigenvalue weighted by atomic mass is 9.60. The van der Waals surface area contributed by atoms with Crippen molar-refractivity contribution in [3.8, 4) is 0 Å². The topological polar surface area (TPSA) is 40.5 Å². The van der Waals surface area contributed by atoms with E-state index in [0.29, 0.717) is 23.8 Å². The van der Waals surface area contributed by atoms with Gasteiger partial charge in [-0.2, -0.15) is 0 Å². The summed E-state index contributed by atoms with van der Waals surface area (Å²) in [5.41, 5.74) is 3.80. The first-order valence-electron chi connectivity index (χ1n) is 11.2. The van der Waals surface area contributed by atoms with E-state index in [1.54, 1.807) is 5.57 Å². The molecule has 0 aliphatic heterocycles. The van der Waals surface area contributed by atoms with Crippen LogP contribution in [0, 0.1) is 29.1 Å². The normalized spacial score (nSPS) is 39.7. The largest absolute Gasteiger partial charge is 0.388 e. The quantitative estimate of drug-likeness (QED) is 0.611. The maximum absolute atomic E-state index is 10.1. The van der Waals surface area contributed by atoms with Crippen LogP contribution in [0.4, 0.5) is 0 Å². The zero-order chi connectivity index (χ0) is 19.8. The highest BCUT2D eigenvalue weighted by Crippen LogP contribution is 2.60. The molecule has 3 aliphatic carbocycles. The van der Waals surface area contributed by atoms with Gasteiger partial charge in [0.2, 0.25) is 0 Å². The molecule has 3 fully saturated rings. The van der Waals surface area contributed by atoms with Crippen LogP contribution in [0.2, 0.25) is 0 Å². The molecule has 2 nitrogen and oxygen atoms in total. The van der Waals surface area contributed by atoms with Crippen molar-refractivity contribution in [2.75, 3.05) is 0 Å². The molecule has 2 unspecified atom stereocenters. The number of aliphatic hydroxyl groups is 2. The zero-order valence-corrected chi connectivity index (χ0v) is 17.9. The summed E-state index contributed by atoms with van der Waals surface area (Å²) in [6, 6.07) is 0. The van der Waals surface area contributed by atoms with E-state index in [4.69, 9.17) is 0 Å². The Morgan fingerprint density at radius 2 is 1.78 bits per heavy atom. The van der Waals surface area contributed by atoms with Crippen LogP contribution in [0.25, 0.3) is 0 Å². The van der Waals surface area contributed by atoms with Crippen molar-refractivity contribution >= 4 is 0 Å². The van der Waals surface area contributed by atoms with Gasteiger partial charge in [-0.1, -0.05) is 57.6 Å². The monoisotopic (exact) mass is 372 g/mol. The van der Waals surface area contributed by atoms with Crippen LogP contribution in [0.1, 0.15) is 79.1 Å². The summed E-state index contributed by atoms with van der Waals surface area (Å²) in [5.74, 6) is 3.16. The molecular weight excluding hydrogens is 332 g/mol. The Morgan fingerprint density at radius 3 is 2.41 bits per heavy atom. The smallest absolute Gasteiger partial charge is 0.0809 e. The molecule has 0 aromatic carbocycles. The van der Waals surface area contributed by atoms with Gasteiger partial charge in [0.05, 0.1) is 12.2 Å². The maximum Gasteiger partial charge on any atom is 0.0809 e. The van der Waals surface area contributed by atoms with Gasteiger partial charge in [0, 0.05) is 0 Å². The van der Waals surface area contributed by atoms with Gasteiger partial charge in [0.1, 0.15) is 0 Å². The molecule has 0 aromatic heterocycles. The Hall–Kier alpha value is -0.860. The first-order valence-corrected chi connectivity index (χ1v) is 11.2. The van der Waals surface area contributed by atoms with E-state index in [0.717, 1.165) is 29.2 Å². The Balaban J connectivity index is 1.76. The van der Waals surface area contributed by atoms with Gasteiger partial charge >= 0.3 is 0 Å². The summed E-state index contributed by atoms with van der Waals surface area (Å²) in [7, 11) is 0. The van der Waals surface area contributed by atoms with Crippen LogP contribution in [0.5, 0.6) is 0 Å². The van der Waals surface area contributed by atoms with Crippen molar-refractivity contribution in [3.05, 3.63) is 35.5 Å². The Kier molecular flexibility index (Phi) is 6.37. The van der Waals surface area contributed by atoms with Gasteiger partial charge in [-0.25, -0.2) is 0 Å². The van der Waals surface area contributed by atoms with Crippen molar-refractivity contribution in [1.82, 2.24) is 0 Å². The van der Waals surface area contributed by atoms with Crippen LogP contribution >= 0.6 is 0 Å². The van der Waals surface area contributed by atoms with Gasteiger partial charge in [-0.15, -0.1) is 0 Å². The summed E-state index contributed by atoms with van der Waals surface area (Å²) in [5, 5.41) is 20.2. The van der Waals surface area contributed by atoms with Crippen LogP contribution in [0.15, 0.2) is 35.5 Å². The first-order chi connectivity index (χ1) is 12.7. The van der Waals surface area contributed by atoms with Gasteiger partial charge in [0.25, 0.3) is 0 Å². The average molecular weight is 373 g/mol. The minimum Gasteiger partial charge on any atom is -0.388 e. The third-order valence-electron chi connectivity index (χ3n) is 7.87. The fraction of sp³-hybridized carbons (Fsp3) is 0.760. The van der Waals surface area contributed by atoms with Crippen LogP contribution in [0.3, 0.4) is 0 Å². The van der Waals surface area contributed by atoms with E-state index in [1.165, 1.54) is 38.5 Å². The van der Waals surface area contributed by atoms with Gasteiger partial charge in [-0.05, 0) is 86.0 Å². The second-order valence-electron chi connectivity index (χ2n) is 10.3. The summed E-state index contributed by atoms with van der Waals surface area (Å²) < 4.78 is 0. The molecule has 0 saturated heterocycles. The molecule has 0 radical (unpaired) electrons. The molecule has 152 valence electrons. The second-order valence-corrected chi connectivity index (χ2v) is 10.3. The van der Waals surface area contributed by atoms with Crippen molar-refractivity contribution < 1.29 is 10.2 Å². The lowest BCUT2D eigenvalue weighted by molar-refractivity contribution is 0.0893. The molecule has 0 amide bonds. The van der Waals surface area contributed by atoms with Crippen molar-refractivity contribution in [1.29, 1.82) is 0 Å². The summed E-state index contributed by atoms with van der Waals surface area (Å²) in [4.78, 5) is 0. The van der Waals surface area contributed by atoms with E-state index in [9.17, 15) is 10.2 Å². The molecular formula is C25H40O2. The minimum absolute atomic E-state index is 0.455. The van der Waals surface area contributed by atoms with Crippen LogP contribution in [-0.4, -0.2) is 22.4 Å². The second kappa shape index (κ2) is 8.25. The summed E-state index contributed by atoms with van der Waals surface area (Å²) in [6.07, 6.45) is 12.5. The van der Waals surface area contributed by atoms with E-state index < -0.39 is 12.2 Å². The maximum atomic E-state index is 10.1. The summed E-state index contributed by atoms with van der Waals surface area (Å²) in [6.45, 7) is 13.6. The lowest BCUT2D eigenvalue weighted by Crippen LogP contribution is -2.36. The van der Waals surface area contributed by atoms with E-state index in [1.807, 2.05) is 0 Å². The van der Waals surface area contributed by atoms with E-state index in [-0.39, 0.29) is 0 Å². The number of hydrogen-bond donors (Lipinski definition) is 2. The molecule has 3 rings (SSSR count). The first kappa shape index (κ1) is 20.9. The molecule has 0 bridgehead atoms. The summed E-state index contributed by atoms with van der Waals surface area (Å²) >= 11 is 0. The number of aliphatic hydroxyl groups excluding tert-OH is 2. The van der Waals surface area contributed by atoms with Crippen molar-refractivity contribution in [2.24, 2.45) is 29.1 Å².